The summed E-state index contributed by atoms with van der Waals surface area (Å²) in [5.74, 6) is -1.66. The molecule has 1 unspecified atom stereocenters. The van der Waals surface area contributed by atoms with Crippen LogP contribution in [-0.4, -0.2) is 19.7 Å². The maximum Gasteiger partial charge on any atom is 0.345 e. The molecule has 0 fully saturated rings. The standard InChI is InChI=1S/C11H12F2O3/c1-3-16-11(14)10(13)8-5-4-7(15-2)6-9(8)12/h4-6,10H,3H2,1-2H3. The summed E-state index contributed by atoms with van der Waals surface area (Å²) in [6, 6.07) is 3.56. The predicted molar refractivity (Wildman–Crippen MR) is 53.4 cm³/mol. The summed E-state index contributed by atoms with van der Waals surface area (Å²) in [6.07, 6.45) is -2.11. The zero-order chi connectivity index (χ0) is 12.1. The van der Waals surface area contributed by atoms with E-state index in [4.69, 9.17) is 4.74 Å². The minimum atomic E-state index is -2.11. The van der Waals surface area contributed by atoms with E-state index in [9.17, 15) is 13.6 Å². The van der Waals surface area contributed by atoms with Crippen LogP contribution in [0, 0.1) is 5.82 Å². The lowest BCUT2D eigenvalue weighted by Crippen LogP contribution is -2.13. The van der Waals surface area contributed by atoms with Crippen LogP contribution in [0.15, 0.2) is 18.2 Å². The van der Waals surface area contributed by atoms with Gasteiger partial charge in [0.1, 0.15) is 11.6 Å². The predicted octanol–water partition coefficient (Wildman–Crippen LogP) is 2.41. The van der Waals surface area contributed by atoms with Crippen molar-refractivity contribution in [3.63, 3.8) is 0 Å². The highest BCUT2D eigenvalue weighted by Crippen LogP contribution is 2.25. The van der Waals surface area contributed by atoms with Crippen LogP contribution in [0.2, 0.25) is 0 Å². The van der Waals surface area contributed by atoms with Crippen molar-refractivity contribution in [2.75, 3.05) is 13.7 Å². The molecule has 1 rings (SSSR count). The van der Waals surface area contributed by atoms with E-state index in [-0.39, 0.29) is 17.9 Å². The van der Waals surface area contributed by atoms with Crippen LogP contribution >= 0.6 is 0 Å². The molecule has 0 N–H and O–H groups in total. The normalized spacial score (nSPS) is 12.0. The van der Waals surface area contributed by atoms with Gasteiger partial charge in [-0.05, 0) is 19.1 Å². The number of rotatable bonds is 4. The monoisotopic (exact) mass is 230 g/mol. The van der Waals surface area contributed by atoms with E-state index < -0.39 is 18.0 Å². The highest BCUT2D eigenvalue weighted by atomic mass is 19.1. The van der Waals surface area contributed by atoms with E-state index in [1.54, 1.807) is 6.92 Å². The summed E-state index contributed by atoms with van der Waals surface area (Å²) in [5, 5.41) is 0. The first-order chi connectivity index (χ1) is 7.60. The molecule has 0 aliphatic heterocycles. The summed E-state index contributed by atoms with van der Waals surface area (Å²) in [4.78, 5) is 11.1. The quantitative estimate of drug-likeness (QED) is 0.745. The minimum absolute atomic E-state index is 0.0526. The summed E-state index contributed by atoms with van der Waals surface area (Å²) in [5.41, 5.74) is -0.348. The SMILES string of the molecule is CCOC(=O)C(F)c1ccc(OC)cc1F. The Morgan fingerprint density at radius 2 is 2.19 bits per heavy atom. The third-order valence-corrected chi connectivity index (χ3v) is 1.97. The molecule has 3 nitrogen and oxygen atoms in total. The molecule has 0 saturated heterocycles. The van der Waals surface area contributed by atoms with Crippen molar-refractivity contribution in [1.29, 1.82) is 0 Å². The second kappa shape index (κ2) is 5.44. The van der Waals surface area contributed by atoms with Crippen LogP contribution in [0.3, 0.4) is 0 Å². The second-order valence-electron chi connectivity index (χ2n) is 3.00. The van der Waals surface area contributed by atoms with Crippen molar-refractivity contribution in [3.05, 3.63) is 29.6 Å². The van der Waals surface area contributed by atoms with E-state index in [2.05, 4.69) is 4.74 Å². The molecular formula is C11H12F2O3. The van der Waals surface area contributed by atoms with Crippen LogP contribution < -0.4 is 4.74 Å². The summed E-state index contributed by atoms with van der Waals surface area (Å²) in [6.45, 7) is 1.60. The molecule has 0 aliphatic rings. The Morgan fingerprint density at radius 1 is 1.50 bits per heavy atom. The topological polar surface area (TPSA) is 35.5 Å². The number of methoxy groups -OCH3 is 1. The summed E-state index contributed by atoms with van der Waals surface area (Å²) < 4.78 is 36.0. The van der Waals surface area contributed by atoms with Gasteiger partial charge >= 0.3 is 5.97 Å². The number of esters is 1. The second-order valence-corrected chi connectivity index (χ2v) is 3.00. The van der Waals surface area contributed by atoms with Crippen molar-refractivity contribution >= 4 is 5.97 Å². The van der Waals surface area contributed by atoms with E-state index in [0.717, 1.165) is 12.1 Å². The van der Waals surface area contributed by atoms with Gasteiger partial charge in [0.2, 0.25) is 6.17 Å². The Kier molecular flexibility index (Phi) is 4.22. The lowest BCUT2D eigenvalue weighted by molar-refractivity contribution is -0.149. The van der Waals surface area contributed by atoms with E-state index in [1.807, 2.05) is 0 Å². The van der Waals surface area contributed by atoms with Crippen LogP contribution in [0.4, 0.5) is 8.78 Å². The highest BCUT2D eigenvalue weighted by molar-refractivity contribution is 5.76. The number of hydrogen-bond donors (Lipinski definition) is 0. The van der Waals surface area contributed by atoms with E-state index in [0.29, 0.717) is 0 Å². The molecule has 88 valence electrons. The first-order valence-corrected chi connectivity index (χ1v) is 4.74. The fraction of sp³-hybridized carbons (Fsp3) is 0.364. The average molecular weight is 230 g/mol. The summed E-state index contributed by atoms with van der Waals surface area (Å²) in [7, 11) is 1.37. The van der Waals surface area contributed by atoms with Gasteiger partial charge in [0.05, 0.1) is 13.7 Å². The molecule has 5 heteroatoms. The molecule has 0 heterocycles. The minimum Gasteiger partial charge on any atom is -0.497 e. The molecule has 16 heavy (non-hydrogen) atoms. The fourth-order valence-corrected chi connectivity index (χ4v) is 1.18. The van der Waals surface area contributed by atoms with Crippen molar-refractivity contribution < 1.29 is 23.0 Å². The third-order valence-electron chi connectivity index (χ3n) is 1.97. The molecule has 1 atom stereocenters. The van der Waals surface area contributed by atoms with Gasteiger partial charge < -0.3 is 9.47 Å². The smallest absolute Gasteiger partial charge is 0.345 e. The van der Waals surface area contributed by atoms with Crippen molar-refractivity contribution in [1.82, 2.24) is 0 Å². The van der Waals surface area contributed by atoms with Crippen molar-refractivity contribution in [2.45, 2.75) is 13.1 Å². The van der Waals surface area contributed by atoms with Crippen LogP contribution in [0.25, 0.3) is 0 Å². The molecule has 0 aromatic heterocycles. The van der Waals surface area contributed by atoms with Gasteiger partial charge in [0.15, 0.2) is 0 Å². The first-order valence-electron chi connectivity index (χ1n) is 4.74. The number of halogens is 2. The number of carbonyl (C=O) groups excluding carboxylic acids is 1. The van der Waals surface area contributed by atoms with Crippen LogP contribution in [-0.2, 0) is 9.53 Å². The van der Waals surface area contributed by atoms with Crippen molar-refractivity contribution in [3.8, 4) is 5.75 Å². The van der Waals surface area contributed by atoms with E-state index in [1.165, 1.54) is 13.2 Å². The molecule has 0 radical (unpaired) electrons. The Morgan fingerprint density at radius 3 is 2.69 bits per heavy atom. The Bertz CT molecular complexity index is 379. The lowest BCUT2D eigenvalue weighted by atomic mass is 10.1. The Labute approximate surface area is 92.0 Å². The zero-order valence-electron chi connectivity index (χ0n) is 9.00. The summed E-state index contributed by atoms with van der Waals surface area (Å²) >= 11 is 0. The van der Waals surface area contributed by atoms with Gasteiger partial charge in [-0.1, -0.05) is 0 Å². The molecular weight excluding hydrogens is 218 g/mol. The largest absolute Gasteiger partial charge is 0.497 e. The highest BCUT2D eigenvalue weighted by Gasteiger charge is 2.24. The number of hydrogen-bond acceptors (Lipinski definition) is 3. The van der Waals surface area contributed by atoms with Crippen LogP contribution in [0.1, 0.15) is 18.7 Å². The van der Waals surface area contributed by atoms with Gasteiger partial charge in [0, 0.05) is 11.6 Å². The number of ether oxygens (including phenoxy) is 2. The van der Waals surface area contributed by atoms with Crippen LogP contribution in [0.5, 0.6) is 5.75 Å². The van der Waals surface area contributed by atoms with Gasteiger partial charge in [-0.15, -0.1) is 0 Å². The van der Waals surface area contributed by atoms with Gasteiger partial charge in [-0.2, -0.15) is 0 Å². The lowest BCUT2D eigenvalue weighted by Gasteiger charge is -2.09. The molecule has 1 aromatic carbocycles. The van der Waals surface area contributed by atoms with E-state index >= 15 is 0 Å². The molecule has 0 saturated carbocycles. The third kappa shape index (κ3) is 2.68. The number of alkyl halides is 1. The molecule has 0 bridgehead atoms. The molecule has 0 spiro atoms. The van der Waals surface area contributed by atoms with Gasteiger partial charge in [-0.3, -0.25) is 0 Å². The maximum atomic E-state index is 13.5. The van der Waals surface area contributed by atoms with Crippen molar-refractivity contribution in [2.24, 2.45) is 0 Å². The number of benzene rings is 1. The maximum absolute atomic E-state index is 13.5. The number of carbonyl (C=O) groups is 1. The Balaban J connectivity index is 2.91. The van der Waals surface area contributed by atoms with Gasteiger partial charge in [-0.25, -0.2) is 13.6 Å². The first kappa shape index (κ1) is 12.4. The average Bonchev–Trinajstić information content (AvgIpc) is 2.28. The fourth-order valence-electron chi connectivity index (χ4n) is 1.18. The zero-order valence-corrected chi connectivity index (χ0v) is 9.00. The Hall–Kier alpha value is -1.65. The van der Waals surface area contributed by atoms with Gasteiger partial charge in [0.25, 0.3) is 0 Å². The molecule has 0 aliphatic carbocycles. The molecule has 0 amide bonds. The molecule has 1 aromatic rings.